The molecule has 0 bridgehead atoms. The number of carbonyl (C=O) groups excluding carboxylic acids is 1. The van der Waals surface area contributed by atoms with E-state index < -0.39 is 5.82 Å². The summed E-state index contributed by atoms with van der Waals surface area (Å²) in [5.41, 5.74) is 5.54. The first-order chi connectivity index (χ1) is 8.49. The maximum absolute atomic E-state index is 12.9. The van der Waals surface area contributed by atoms with Crippen molar-refractivity contribution in [3.63, 3.8) is 0 Å². The molecule has 0 heterocycles. The number of amides is 1. The van der Waals surface area contributed by atoms with E-state index in [1.807, 2.05) is 6.92 Å². The van der Waals surface area contributed by atoms with Crippen molar-refractivity contribution >= 4 is 17.5 Å². The Hall–Kier alpha value is -1.33. The molecular weight excluding hydrogens is 259 g/mol. The Balaban J connectivity index is 2.31. The van der Waals surface area contributed by atoms with E-state index in [1.165, 1.54) is 18.2 Å². The molecule has 0 fully saturated rings. The number of nitrogens with two attached hydrogens (primary N) is 1. The molecule has 1 amide bonds. The van der Waals surface area contributed by atoms with E-state index in [9.17, 15) is 9.18 Å². The molecule has 0 aromatic heterocycles. The van der Waals surface area contributed by atoms with Gasteiger partial charge in [-0.25, -0.2) is 4.39 Å². The van der Waals surface area contributed by atoms with Crippen molar-refractivity contribution in [3.05, 3.63) is 29.0 Å². The van der Waals surface area contributed by atoms with Crippen LogP contribution in [0.25, 0.3) is 0 Å². The maximum atomic E-state index is 12.9. The van der Waals surface area contributed by atoms with Crippen molar-refractivity contribution in [2.45, 2.75) is 19.4 Å². The first-order valence-corrected chi connectivity index (χ1v) is 5.97. The molecule has 1 aromatic rings. The van der Waals surface area contributed by atoms with E-state index in [4.69, 9.17) is 22.1 Å². The van der Waals surface area contributed by atoms with Gasteiger partial charge in [-0.3, -0.25) is 4.79 Å². The highest BCUT2D eigenvalue weighted by Gasteiger charge is 2.05. The molecule has 1 atom stereocenters. The Morgan fingerprint density at radius 1 is 1.61 bits per heavy atom. The van der Waals surface area contributed by atoms with Crippen LogP contribution in [0.2, 0.25) is 5.02 Å². The van der Waals surface area contributed by atoms with Crippen LogP contribution in [0.5, 0.6) is 5.75 Å². The van der Waals surface area contributed by atoms with E-state index in [0.717, 1.165) is 0 Å². The van der Waals surface area contributed by atoms with Gasteiger partial charge in [0.25, 0.3) is 5.91 Å². The average Bonchev–Trinajstić information content (AvgIpc) is 2.30. The van der Waals surface area contributed by atoms with Gasteiger partial charge in [-0.2, -0.15) is 0 Å². The summed E-state index contributed by atoms with van der Waals surface area (Å²) in [5.74, 6) is -0.426. The number of benzene rings is 1. The number of ether oxygens (including phenoxy) is 1. The van der Waals surface area contributed by atoms with Crippen LogP contribution >= 0.6 is 11.6 Å². The molecule has 0 radical (unpaired) electrons. The number of rotatable bonds is 6. The molecule has 0 aliphatic carbocycles. The van der Waals surface area contributed by atoms with Gasteiger partial charge in [-0.15, -0.1) is 0 Å². The molecule has 4 nitrogen and oxygen atoms in total. The smallest absolute Gasteiger partial charge is 0.257 e. The molecule has 18 heavy (non-hydrogen) atoms. The van der Waals surface area contributed by atoms with Crippen LogP contribution in [-0.4, -0.2) is 25.1 Å². The van der Waals surface area contributed by atoms with Crippen LogP contribution in [0.3, 0.4) is 0 Å². The second-order valence-corrected chi connectivity index (χ2v) is 4.39. The van der Waals surface area contributed by atoms with Gasteiger partial charge in [0.15, 0.2) is 6.61 Å². The van der Waals surface area contributed by atoms with Crippen LogP contribution in [0, 0.1) is 5.82 Å². The standard InChI is InChI=1S/C12H16ClFN2O2/c1-8(15)4-5-16-12(17)7-18-9-2-3-11(14)10(13)6-9/h2-3,6,8H,4-5,7,15H2,1H3,(H,16,17). The first kappa shape index (κ1) is 14.7. The van der Waals surface area contributed by atoms with Crippen molar-refractivity contribution in [1.82, 2.24) is 5.32 Å². The molecule has 1 unspecified atom stereocenters. The van der Waals surface area contributed by atoms with Gasteiger partial charge >= 0.3 is 0 Å². The predicted octanol–water partition coefficient (Wildman–Crippen LogP) is 1.71. The second kappa shape index (κ2) is 7.18. The van der Waals surface area contributed by atoms with E-state index in [0.29, 0.717) is 18.7 Å². The molecule has 0 aliphatic heterocycles. The Kier molecular flexibility index (Phi) is 5.88. The first-order valence-electron chi connectivity index (χ1n) is 5.59. The fraction of sp³-hybridized carbons (Fsp3) is 0.417. The van der Waals surface area contributed by atoms with Crippen LogP contribution in [0.15, 0.2) is 18.2 Å². The summed E-state index contributed by atoms with van der Waals surface area (Å²) >= 11 is 5.58. The van der Waals surface area contributed by atoms with E-state index >= 15 is 0 Å². The number of hydrogen-bond donors (Lipinski definition) is 2. The molecule has 0 aliphatic rings. The number of nitrogens with one attached hydrogen (secondary N) is 1. The van der Waals surface area contributed by atoms with E-state index in [2.05, 4.69) is 5.32 Å². The zero-order chi connectivity index (χ0) is 13.5. The zero-order valence-corrected chi connectivity index (χ0v) is 10.8. The summed E-state index contributed by atoms with van der Waals surface area (Å²) in [7, 11) is 0. The lowest BCUT2D eigenvalue weighted by molar-refractivity contribution is -0.123. The minimum absolute atomic E-state index is 0.0372. The Morgan fingerprint density at radius 3 is 2.94 bits per heavy atom. The van der Waals surface area contributed by atoms with E-state index in [-0.39, 0.29) is 23.6 Å². The van der Waals surface area contributed by atoms with E-state index in [1.54, 1.807) is 0 Å². The molecule has 0 spiro atoms. The Morgan fingerprint density at radius 2 is 2.33 bits per heavy atom. The minimum atomic E-state index is -0.523. The SMILES string of the molecule is CC(N)CCNC(=O)COc1ccc(F)c(Cl)c1. The third-order valence-corrected chi connectivity index (χ3v) is 2.47. The summed E-state index contributed by atoms with van der Waals surface area (Å²) in [6.07, 6.45) is 0.702. The minimum Gasteiger partial charge on any atom is -0.484 e. The molecule has 1 aromatic carbocycles. The van der Waals surface area contributed by atoms with Crippen LogP contribution in [0.1, 0.15) is 13.3 Å². The average molecular weight is 275 g/mol. The molecule has 1 rings (SSSR count). The van der Waals surface area contributed by atoms with Crippen molar-refractivity contribution in [3.8, 4) is 5.75 Å². The topological polar surface area (TPSA) is 64.3 Å². The lowest BCUT2D eigenvalue weighted by Gasteiger charge is -2.09. The van der Waals surface area contributed by atoms with Gasteiger partial charge in [0.2, 0.25) is 0 Å². The van der Waals surface area contributed by atoms with Crippen molar-refractivity contribution in [2.75, 3.05) is 13.2 Å². The lowest BCUT2D eigenvalue weighted by atomic mass is 10.2. The summed E-state index contributed by atoms with van der Waals surface area (Å²) in [4.78, 5) is 11.4. The van der Waals surface area contributed by atoms with Gasteiger partial charge in [-0.1, -0.05) is 11.6 Å². The molecule has 3 N–H and O–H groups in total. The van der Waals surface area contributed by atoms with Crippen LogP contribution in [0.4, 0.5) is 4.39 Å². The quantitative estimate of drug-likeness (QED) is 0.830. The highest BCUT2D eigenvalue weighted by Crippen LogP contribution is 2.20. The summed E-state index contributed by atoms with van der Waals surface area (Å²) in [5, 5.41) is 2.62. The van der Waals surface area contributed by atoms with Gasteiger partial charge < -0.3 is 15.8 Å². The monoisotopic (exact) mass is 274 g/mol. The highest BCUT2D eigenvalue weighted by atomic mass is 35.5. The molecular formula is C12H16ClFN2O2. The second-order valence-electron chi connectivity index (χ2n) is 3.98. The molecule has 0 saturated heterocycles. The van der Waals surface area contributed by atoms with Gasteiger partial charge in [0.05, 0.1) is 5.02 Å². The Bertz CT molecular complexity index is 413. The third-order valence-electron chi connectivity index (χ3n) is 2.18. The molecule has 6 heteroatoms. The van der Waals surface area contributed by atoms with Crippen LogP contribution < -0.4 is 15.8 Å². The maximum Gasteiger partial charge on any atom is 0.257 e. The Labute approximate surface area is 110 Å². The number of carbonyl (C=O) groups is 1. The normalized spacial score (nSPS) is 12.0. The van der Waals surface area contributed by atoms with Crippen LogP contribution in [-0.2, 0) is 4.79 Å². The summed E-state index contributed by atoms with van der Waals surface area (Å²) in [6, 6.07) is 3.97. The lowest BCUT2D eigenvalue weighted by Crippen LogP contribution is -2.32. The fourth-order valence-electron chi connectivity index (χ4n) is 1.21. The van der Waals surface area contributed by atoms with Crippen molar-refractivity contribution < 1.29 is 13.9 Å². The van der Waals surface area contributed by atoms with Gasteiger partial charge in [-0.05, 0) is 25.5 Å². The van der Waals surface area contributed by atoms with Gasteiger partial charge in [0.1, 0.15) is 11.6 Å². The van der Waals surface area contributed by atoms with Crippen molar-refractivity contribution in [1.29, 1.82) is 0 Å². The molecule has 100 valence electrons. The predicted molar refractivity (Wildman–Crippen MR) is 68.2 cm³/mol. The zero-order valence-electron chi connectivity index (χ0n) is 10.1. The van der Waals surface area contributed by atoms with Crippen molar-refractivity contribution in [2.24, 2.45) is 5.73 Å². The number of hydrogen-bond acceptors (Lipinski definition) is 3. The summed E-state index contributed by atoms with van der Waals surface area (Å²) in [6.45, 7) is 2.23. The highest BCUT2D eigenvalue weighted by molar-refractivity contribution is 6.30. The third kappa shape index (κ3) is 5.33. The summed E-state index contributed by atoms with van der Waals surface area (Å²) < 4.78 is 18.0. The largest absolute Gasteiger partial charge is 0.484 e. The van der Waals surface area contributed by atoms with Gasteiger partial charge in [0, 0.05) is 18.7 Å². The number of halogens is 2. The fourth-order valence-corrected chi connectivity index (χ4v) is 1.38. The molecule has 0 saturated carbocycles.